The SMILES string of the molecule is C[NH+]1CCN(S(=O)(=O)c2ccc(-c3csnn3)s2)CC1. The van der Waals surface area contributed by atoms with Crippen molar-refractivity contribution in [3.05, 3.63) is 17.5 Å². The largest absolute Gasteiger partial charge is 0.335 e. The number of hydrogen-bond donors (Lipinski definition) is 1. The highest BCUT2D eigenvalue weighted by Gasteiger charge is 2.30. The molecule has 3 rings (SSSR count). The molecule has 1 saturated heterocycles. The summed E-state index contributed by atoms with van der Waals surface area (Å²) >= 11 is 2.52. The van der Waals surface area contributed by atoms with Crippen LogP contribution in [0.2, 0.25) is 0 Å². The van der Waals surface area contributed by atoms with Crippen LogP contribution in [0.5, 0.6) is 0 Å². The summed E-state index contributed by atoms with van der Waals surface area (Å²) < 4.78 is 30.9. The normalized spacial score (nSPS) is 18.4. The predicted molar refractivity (Wildman–Crippen MR) is 78.6 cm³/mol. The van der Waals surface area contributed by atoms with Gasteiger partial charge in [0.05, 0.1) is 38.1 Å². The summed E-state index contributed by atoms with van der Waals surface area (Å²) in [7, 11) is -1.28. The zero-order valence-corrected chi connectivity index (χ0v) is 13.4. The van der Waals surface area contributed by atoms with E-state index in [2.05, 4.69) is 16.6 Å². The Morgan fingerprint density at radius 1 is 1.30 bits per heavy atom. The molecule has 1 N–H and O–H groups in total. The standard InChI is InChI=1S/C11H14N4O2S3/c1-14-4-6-15(7-5-14)20(16,17)11-3-2-10(19-11)9-8-18-13-12-9/h2-3,8H,4-7H2,1H3/p+1. The van der Waals surface area contributed by atoms with Crippen molar-refractivity contribution in [2.45, 2.75) is 4.21 Å². The van der Waals surface area contributed by atoms with E-state index in [9.17, 15) is 8.42 Å². The zero-order chi connectivity index (χ0) is 14.2. The van der Waals surface area contributed by atoms with Crippen LogP contribution >= 0.6 is 22.9 Å². The number of aromatic nitrogens is 2. The van der Waals surface area contributed by atoms with Crippen molar-refractivity contribution in [1.82, 2.24) is 13.9 Å². The van der Waals surface area contributed by atoms with E-state index in [1.807, 2.05) is 5.38 Å². The van der Waals surface area contributed by atoms with Gasteiger partial charge in [-0.25, -0.2) is 8.42 Å². The van der Waals surface area contributed by atoms with Crippen LogP contribution in [0.15, 0.2) is 21.7 Å². The fourth-order valence-corrected chi connectivity index (χ4v) is 5.49. The topological polar surface area (TPSA) is 67.6 Å². The minimum Gasteiger partial charge on any atom is -0.335 e. The van der Waals surface area contributed by atoms with Gasteiger partial charge < -0.3 is 4.90 Å². The molecule has 0 bridgehead atoms. The Hall–Kier alpha value is -0.870. The van der Waals surface area contributed by atoms with Gasteiger partial charge in [-0.1, -0.05) is 4.49 Å². The fraction of sp³-hybridized carbons (Fsp3) is 0.455. The van der Waals surface area contributed by atoms with Crippen LogP contribution in [0, 0.1) is 0 Å². The molecule has 1 aliphatic heterocycles. The maximum absolute atomic E-state index is 12.6. The smallest absolute Gasteiger partial charge is 0.252 e. The number of hydrogen-bond acceptors (Lipinski definition) is 6. The molecule has 6 nitrogen and oxygen atoms in total. The molecular weight excluding hydrogens is 316 g/mol. The van der Waals surface area contributed by atoms with Gasteiger partial charge in [0.2, 0.25) is 0 Å². The summed E-state index contributed by atoms with van der Waals surface area (Å²) in [5.41, 5.74) is 0.740. The molecule has 1 aliphatic rings. The van der Waals surface area contributed by atoms with Gasteiger partial charge >= 0.3 is 0 Å². The Labute approximate surface area is 125 Å². The second-order valence-corrected chi connectivity index (χ2v) is 8.63. The number of likely N-dealkylation sites (N-methyl/N-ethyl adjacent to an activating group) is 1. The number of thiophene rings is 1. The number of sulfonamides is 1. The lowest BCUT2D eigenvalue weighted by molar-refractivity contribution is -0.883. The summed E-state index contributed by atoms with van der Waals surface area (Å²) in [5, 5.41) is 5.79. The van der Waals surface area contributed by atoms with Crippen LogP contribution in [0.4, 0.5) is 0 Å². The van der Waals surface area contributed by atoms with Crippen LogP contribution in [0.25, 0.3) is 10.6 Å². The number of rotatable bonds is 3. The molecule has 0 aromatic carbocycles. The minimum absolute atomic E-state index is 0.389. The third-order valence-corrected chi connectivity index (χ3v) is 7.34. The van der Waals surface area contributed by atoms with Gasteiger partial charge in [-0.15, -0.1) is 16.4 Å². The van der Waals surface area contributed by atoms with Gasteiger partial charge in [0.25, 0.3) is 10.0 Å². The van der Waals surface area contributed by atoms with Crippen molar-refractivity contribution in [2.75, 3.05) is 33.2 Å². The Bertz CT molecular complexity index is 672. The molecule has 9 heteroatoms. The second kappa shape index (κ2) is 5.49. The quantitative estimate of drug-likeness (QED) is 0.845. The monoisotopic (exact) mass is 331 g/mol. The predicted octanol–water partition coefficient (Wildman–Crippen LogP) is -0.214. The maximum atomic E-state index is 12.6. The Morgan fingerprint density at radius 2 is 2.05 bits per heavy atom. The first kappa shape index (κ1) is 14.1. The van der Waals surface area contributed by atoms with E-state index in [0.29, 0.717) is 17.3 Å². The molecule has 0 unspecified atom stereocenters. The molecular formula is C11H15N4O2S3+. The Morgan fingerprint density at radius 3 is 2.70 bits per heavy atom. The van der Waals surface area contributed by atoms with Gasteiger partial charge in [0, 0.05) is 5.38 Å². The van der Waals surface area contributed by atoms with E-state index >= 15 is 0 Å². The molecule has 0 aliphatic carbocycles. The molecule has 0 saturated carbocycles. The van der Waals surface area contributed by atoms with Crippen molar-refractivity contribution in [1.29, 1.82) is 0 Å². The number of quaternary nitrogens is 1. The number of piperazine rings is 1. The fourth-order valence-electron chi connectivity index (χ4n) is 2.10. The summed E-state index contributed by atoms with van der Waals surface area (Å²) in [4.78, 5) is 2.22. The minimum atomic E-state index is -3.36. The molecule has 20 heavy (non-hydrogen) atoms. The number of nitrogens with zero attached hydrogens (tertiary/aromatic N) is 3. The van der Waals surface area contributed by atoms with E-state index < -0.39 is 10.0 Å². The molecule has 3 heterocycles. The van der Waals surface area contributed by atoms with Crippen LogP contribution in [-0.2, 0) is 10.0 Å². The third kappa shape index (κ3) is 2.63. The van der Waals surface area contributed by atoms with E-state index in [-0.39, 0.29) is 0 Å². The first-order chi connectivity index (χ1) is 9.57. The lowest BCUT2D eigenvalue weighted by Crippen LogP contribution is -3.12. The van der Waals surface area contributed by atoms with Crippen molar-refractivity contribution in [3.63, 3.8) is 0 Å². The Balaban J connectivity index is 1.85. The average Bonchev–Trinajstić information content (AvgIpc) is 3.10. The van der Waals surface area contributed by atoms with Crippen LogP contribution in [0.1, 0.15) is 0 Å². The highest BCUT2D eigenvalue weighted by molar-refractivity contribution is 7.91. The summed E-state index contributed by atoms with van der Waals surface area (Å²) in [6, 6.07) is 3.47. The van der Waals surface area contributed by atoms with E-state index in [1.165, 1.54) is 27.8 Å². The molecule has 0 amide bonds. The van der Waals surface area contributed by atoms with Gasteiger partial charge in [0.1, 0.15) is 9.90 Å². The van der Waals surface area contributed by atoms with Gasteiger partial charge in [0.15, 0.2) is 0 Å². The molecule has 1 fully saturated rings. The van der Waals surface area contributed by atoms with Crippen molar-refractivity contribution in [3.8, 4) is 10.6 Å². The molecule has 0 atom stereocenters. The molecule has 0 radical (unpaired) electrons. The lowest BCUT2D eigenvalue weighted by Gasteiger charge is -2.28. The molecule has 0 spiro atoms. The van der Waals surface area contributed by atoms with Crippen molar-refractivity contribution < 1.29 is 13.3 Å². The van der Waals surface area contributed by atoms with Crippen LogP contribution in [-0.4, -0.2) is 55.5 Å². The van der Waals surface area contributed by atoms with Crippen LogP contribution in [0.3, 0.4) is 0 Å². The van der Waals surface area contributed by atoms with E-state index in [4.69, 9.17) is 0 Å². The maximum Gasteiger partial charge on any atom is 0.252 e. The van der Waals surface area contributed by atoms with Gasteiger partial charge in [-0.2, -0.15) is 4.31 Å². The Kier molecular flexibility index (Phi) is 3.87. The summed E-state index contributed by atoms with van der Waals surface area (Å²) in [6.07, 6.45) is 0. The first-order valence-corrected chi connectivity index (χ1v) is 9.35. The average molecular weight is 331 g/mol. The summed E-state index contributed by atoms with van der Waals surface area (Å²) in [6.45, 7) is 2.88. The van der Waals surface area contributed by atoms with E-state index in [0.717, 1.165) is 23.7 Å². The molecule has 2 aromatic heterocycles. The van der Waals surface area contributed by atoms with Gasteiger partial charge in [-0.05, 0) is 23.7 Å². The lowest BCUT2D eigenvalue weighted by atomic mass is 10.4. The van der Waals surface area contributed by atoms with Crippen LogP contribution < -0.4 is 4.90 Å². The van der Waals surface area contributed by atoms with Crippen molar-refractivity contribution >= 4 is 32.9 Å². The van der Waals surface area contributed by atoms with Crippen molar-refractivity contribution in [2.24, 2.45) is 0 Å². The number of nitrogens with one attached hydrogen (secondary N) is 1. The van der Waals surface area contributed by atoms with Gasteiger partial charge in [-0.3, -0.25) is 0 Å². The van der Waals surface area contributed by atoms with E-state index in [1.54, 1.807) is 16.4 Å². The molecule has 108 valence electrons. The first-order valence-electron chi connectivity index (χ1n) is 6.26. The second-order valence-electron chi connectivity index (χ2n) is 4.77. The molecule has 2 aromatic rings. The highest BCUT2D eigenvalue weighted by atomic mass is 32.2. The highest BCUT2D eigenvalue weighted by Crippen LogP contribution is 2.31. The third-order valence-electron chi connectivity index (χ3n) is 3.36. The summed E-state index contributed by atoms with van der Waals surface area (Å²) in [5.74, 6) is 0. The zero-order valence-electron chi connectivity index (χ0n) is 10.9.